The summed E-state index contributed by atoms with van der Waals surface area (Å²) in [4.78, 5) is 0. The summed E-state index contributed by atoms with van der Waals surface area (Å²) in [6.45, 7) is 0.618. The second kappa shape index (κ2) is 4.35. The van der Waals surface area contributed by atoms with Crippen molar-refractivity contribution in [3.8, 4) is 5.75 Å². The summed E-state index contributed by atoms with van der Waals surface area (Å²) in [7, 11) is 0. The van der Waals surface area contributed by atoms with Crippen LogP contribution in [0, 0.1) is 11.7 Å². The third-order valence-corrected chi connectivity index (χ3v) is 1.73. The van der Waals surface area contributed by atoms with Crippen LogP contribution in [0.5, 0.6) is 5.75 Å². The number of hydrogen-bond donors (Lipinski definition) is 0. The molecular formula is C10H10F3O. The Balaban J connectivity index is 2.90. The molecule has 0 aliphatic rings. The van der Waals surface area contributed by atoms with Crippen LogP contribution in [-0.2, 0) is 0 Å². The van der Waals surface area contributed by atoms with Crippen LogP contribution in [0.2, 0.25) is 0 Å². The van der Waals surface area contributed by atoms with Crippen molar-refractivity contribution in [1.82, 2.24) is 0 Å². The number of ether oxygens (including phenoxy) is 1. The fourth-order valence-corrected chi connectivity index (χ4v) is 1.00. The lowest BCUT2D eigenvalue weighted by atomic mass is 10.0. The van der Waals surface area contributed by atoms with E-state index in [9.17, 15) is 13.2 Å². The van der Waals surface area contributed by atoms with Gasteiger partial charge in [-0.3, -0.25) is 0 Å². The Bertz CT molecular complexity index is 310. The van der Waals surface area contributed by atoms with Crippen molar-refractivity contribution in [1.29, 1.82) is 0 Å². The summed E-state index contributed by atoms with van der Waals surface area (Å²) in [5.41, 5.74) is 0.670. The Labute approximate surface area is 80.5 Å². The first-order valence-electron chi connectivity index (χ1n) is 4.05. The largest absolute Gasteiger partial charge is 0.432 e. The molecule has 77 valence electrons. The first-order valence-corrected chi connectivity index (χ1v) is 4.05. The van der Waals surface area contributed by atoms with Gasteiger partial charge in [0.15, 0.2) is 11.6 Å². The number of benzene rings is 1. The quantitative estimate of drug-likeness (QED) is 0.731. The molecule has 0 saturated carbocycles. The molecule has 1 aromatic carbocycles. The van der Waals surface area contributed by atoms with E-state index in [4.69, 9.17) is 0 Å². The minimum atomic E-state index is -3.00. The summed E-state index contributed by atoms with van der Waals surface area (Å²) in [5.74, 6) is -0.290. The first-order chi connectivity index (χ1) is 6.50. The predicted octanol–water partition coefficient (Wildman–Crippen LogP) is 3.39. The summed E-state index contributed by atoms with van der Waals surface area (Å²) in [6, 6.07) is 3.91. The van der Waals surface area contributed by atoms with Crippen LogP contribution >= 0.6 is 0 Å². The monoisotopic (exact) mass is 203 g/mol. The maximum absolute atomic E-state index is 13.1. The Morgan fingerprint density at radius 2 is 1.93 bits per heavy atom. The fourth-order valence-electron chi connectivity index (χ4n) is 1.00. The lowest BCUT2D eigenvalue weighted by Gasteiger charge is -2.08. The van der Waals surface area contributed by atoms with Crippen LogP contribution in [0.3, 0.4) is 0 Å². The molecule has 0 fully saturated rings. The van der Waals surface area contributed by atoms with Gasteiger partial charge in [0, 0.05) is 0 Å². The van der Waals surface area contributed by atoms with E-state index < -0.39 is 18.2 Å². The molecule has 0 atom stereocenters. The molecule has 1 aromatic rings. The van der Waals surface area contributed by atoms with E-state index in [0.717, 1.165) is 5.92 Å². The maximum atomic E-state index is 13.1. The van der Waals surface area contributed by atoms with Gasteiger partial charge in [0.25, 0.3) is 0 Å². The molecule has 0 amide bonds. The highest BCUT2D eigenvalue weighted by Crippen LogP contribution is 2.23. The van der Waals surface area contributed by atoms with Crippen molar-refractivity contribution in [2.24, 2.45) is 0 Å². The molecule has 1 nitrogen and oxygen atoms in total. The van der Waals surface area contributed by atoms with Gasteiger partial charge < -0.3 is 4.74 Å². The molecule has 4 heteroatoms. The number of hydrogen-bond acceptors (Lipinski definition) is 1. The van der Waals surface area contributed by atoms with Crippen molar-refractivity contribution in [3.63, 3.8) is 0 Å². The first kappa shape index (κ1) is 10.9. The zero-order chi connectivity index (χ0) is 10.7. The molecule has 0 N–H and O–H groups in total. The van der Waals surface area contributed by atoms with Crippen LogP contribution in [0.4, 0.5) is 13.2 Å². The topological polar surface area (TPSA) is 9.23 Å². The van der Waals surface area contributed by atoms with Gasteiger partial charge in [-0.05, 0) is 23.6 Å². The summed E-state index contributed by atoms with van der Waals surface area (Å²) < 4.78 is 40.6. The Morgan fingerprint density at radius 3 is 2.36 bits per heavy atom. The maximum Gasteiger partial charge on any atom is 0.387 e. The molecule has 0 unspecified atom stereocenters. The highest BCUT2D eigenvalue weighted by molar-refractivity contribution is 5.35. The average molecular weight is 203 g/mol. The number of rotatable bonds is 3. The normalized spacial score (nSPS) is 11.1. The highest BCUT2D eigenvalue weighted by Gasteiger charge is 2.11. The fraction of sp³-hybridized carbons (Fsp3) is 0.300. The summed E-state index contributed by atoms with van der Waals surface area (Å²) in [6.07, 6.45) is 0. The van der Waals surface area contributed by atoms with E-state index in [1.54, 1.807) is 0 Å². The minimum absolute atomic E-state index is 0.426. The summed E-state index contributed by atoms with van der Waals surface area (Å²) >= 11 is 0. The van der Waals surface area contributed by atoms with E-state index in [1.807, 2.05) is 13.8 Å². The molecule has 0 bridgehead atoms. The zero-order valence-electron chi connectivity index (χ0n) is 7.85. The standard InChI is InChI=1S/C10H10F3O/c1-6(2)7-3-4-9(8(11)5-7)14-10(12)13/h3-5,10H,1-2H3. The SMILES string of the molecule is C[C](C)c1ccc(OC(F)F)c(F)c1. The molecule has 0 aliphatic carbocycles. The highest BCUT2D eigenvalue weighted by atomic mass is 19.3. The molecule has 0 aliphatic heterocycles. The van der Waals surface area contributed by atoms with Crippen molar-refractivity contribution in [2.45, 2.75) is 20.5 Å². The van der Waals surface area contributed by atoms with E-state index in [0.29, 0.717) is 5.56 Å². The third-order valence-electron chi connectivity index (χ3n) is 1.73. The van der Waals surface area contributed by atoms with E-state index in [-0.39, 0.29) is 0 Å². The van der Waals surface area contributed by atoms with Crippen molar-refractivity contribution in [3.05, 3.63) is 35.5 Å². The van der Waals surface area contributed by atoms with Gasteiger partial charge in [-0.1, -0.05) is 19.9 Å². The van der Waals surface area contributed by atoms with Crippen LogP contribution in [0.1, 0.15) is 19.4 Å². The van der Waals surface area contributed by atoms with Gasteiger partial charge in [-0.2, -0.15) is 8.78 Å². The molecule has 0 saturated heterocycles. The number of halogens is 3. The lowest BCUT2D eigenvalue weighted by Crippen LogP contribution is -2.04. The molecular weight excluding hydrogens is 193 g/mol. The van der Waals surface area contributed by atoms with Gasteiger partial charge in [-0.15, -0.1) is 0 Å². The molecule has 0 spiro atoms. The van der Waals surface area contributed by atoms with Crippen LogP contribution < -0.4 is 4.74 Å². The van der Waals surface area contributed by atoms with Gasteiger partial charge in [0.05, 0.1) is 0 Å². The molecule has 1 rings (SSSR count). The molecule has 0 heterocycles. The van der Waals surface area contributed by atoms with Crippen molar-refractivity contribution < 1.29 is 17.9 Å². The molecule has 14 heavy (non-hydrogen) atoms. The lowest BCUT2D eigenvalue weighted by molar-refractivity contribution is -0.0521. The Morgan fingerprint density at radius 1 is 1.29 bits per heavy atom. The smallest absolute Gasteiger partial charge is 0.387 e. The second-order valence-electron chi connectivity index (χ2n) is 3.02. The Hall–Kier alpha value is -1.19. The van der Waals surface area contributed by atoms with Crippen LogP contribution in [0.15, 0.2) is 18.2 Å². The second-order valence-corrected chi connectivity index (χ2v) is 3.02. The van der Waals surface area contributed by atoms with Crippen molar-refractivity contribution >= 4 is 0 Å². The predicted molar refractivity (Wildman–Crippen MR) is 46.7 cm³/mol. The van der Waals surface area contributed by atoms with E-state index in [2.05, 4.69) is 4.74 Å². The molecule has 0 aromatic heterocycles. The molecule has 1 radical (unpaired) electrons. The zero-order valence-corrected chi connectivity index (χ0v) is 7.85. The van der Waals surface area contributed by atoms with E-state index >= 15 is 0 Å². The summed E-state index contributed by atoms with van der Waals surface area (Å²) in [5, 5.41) is 0. The van der Waals surface area contributed by atoms with Gasteiger partial charge in [0.2, 0.25) is 0 Å². The van der Waals surface area contributed by atoms with Crippen LogP contribution in [0.25, 0.3) is 0 Å². The van der Waals surface area contributed by atoms with E-state index in [1.165, 1.54) is 18.2 Å². The van der Waals surface area contributed by atoms with Crippen LogP contribution in [-0.4, -0.2) is 6.61 Å². The Kier molecular flexibility index (Phi) is 3.38. The minimum Gasteiger partial charge on any atom is -0.432 e. The number of alkyl halides is 2. The van der Waals surface area contributed by atoms with Crippen molar-refractivity contribution in [2.75, 3.05) is 0 Å². The van der Waals surface area contributed by atoms with Gasteiger partial charge >= 0.3 is 6.61 Å². The van der Waals surface area contributed by atoms with Gasteiger partial charge in [0.1, 0.15) is 0 Å². The average Bonchev–Trinajstić information content (AvgIpc) is 2.07. The third kappa shape index (κ3) is 2.65. The van der Waals surface area contributed by atoms with Gasteiger partial charge in [-0.25, -0.2) is 4.39 Å².